The van der Waals surface area contributed by atoms with Gasteiger partial charge in [0.25, 0.3) is 5.91 Å². The monoisotopic (exact) mass is 473 g/mol. The molecule has 2 aliphatic rings. The van der Waals surface area contributed by atoms with E-state index in [1.807, 2.05) is 24.3 Å². The van der Waals surface area contributed by atoms with E-state index in [1.165, 1.54) is 0 Å². The third-order valence-electron chi connectivity index (χ3n) is 6.96. The zero-order chi connectivity index (χ0) is 23.8. The standard InChI is InChI=1S/C25H27N7O3/c33-17-8-15(9-17)11-26-25(34)20-10-21(18-5-1-2-6-19(18)31-20)35-12-16-4-3-7-32(16)24-22-23(28-13-27-22)29-14-30-24/h1-2,5-6,10,13-17,33H,3-4,7-9,11-12H2,(H,26,34)(H,27,28,29,30). The molecule has 1 aliphatic heterocycles. The highest BCUT2D eigenvalue weighted by molar-refractivity contribution is 5.97. The van der Waals surface area contributed by atoms with E-state index >= 15 is 0 Å². The number of aliphatic hydroxyl groups is 1. The first-order valence-electron chi connectivity index (χ1n) is 12.1. The van der Waals surface area contributed by atoms with E-state index in [-0.39, 0.29) is 18.1 Å². The molecule has 1 amide bonds. The van der Waals surface area contributed by atoms with E-state index in [2.05, 4.69) is 35.1 Å². The summed E-state index contributed by atoms with van der Waals surface area (Å²) in [5.74, 6) is 1.56. The Morgan fingerprint density at radius 2 is 2.11 bits per heavy atom. The number of carbonyl (C=O) groups excluding carboxylic acids is 1. The smallest absolute Gasteiger partial charge is 0.270 e. The summed E-state index contributed by atoms with van der Waals surface area (Å²) in [4.78, 5) is 35.8. The van der Waals surface area contributed by atoms with Crippen LogP contribution in [0.1, 0.15) is 36.2 Å². The number of para-hydroxylation sites is 1. The van der Waals surface area contributed by atoms with Crippen LogP contribution in [0, 0.1) is 5.92 Å². The van der Waals surface area contributed by atoms with Crippen molar-refractivity contribution in [2.75, 3.05) is 24.6 Å². The summed E-state index contributed by atoms with van der Waals surface area (Å²) < 4.78 is 6.35. The fourth-order valence-electron chi connectivity index (χ4n) is 5.02. The molecule has 4 heterocycles. The van der Waals surface area contributed by atoms with Gasteiger partial charge in [-0.2, -0.15) is 0 Å². The Bertz CT molecular complexity index is 1370. The lowest BCUT2D eigenvalue weighted by Gasteiger charge is -2.31. The van der Waals surface area contributed by atoms with Crippen molar-refractivity contribution >= 4 is 33.8 Å². The minimum absolute atomic E-state index is 0.130. The van der Waals surface area contributed by atoms with Gasteiger partial charge in [0.05, 0.1) is 24.0 Å². The summed E-state index contributed by atoms with van der Waals surface area (Å²) in [7, 11) is 0. The lowest BCUT2D eigenvalue weighted by atomic mass is 9.82. The number of nitrogens with one attached hydrogen (secondary N) is 2. The molecule has 3 N–H and O–H groups in total. The van der Waals surface area contributed by atoms with Gasteiger partial charge < -0.3 is 25.0 Å². The number of imidazole rings is 1. The van der Waals surface area contributed by atoms with Crippen molar-refractivity contribution in [1.82, 2.24) is 30.2 Å². The first-order valence-corrected chi connectivity index (χ1v) is 12.1. The predicted octanol–water partition coefficient (Wildman–Crippen LogP) is 2.45. The lowest BCUT2D eigenvalue weighted by Crippen LogP contribution is -2.38. The van der Waals surface area contributed by atoms with Crippen LogP contribution in [0.2, 0.25) is 0 Å². The predicted molar refractivity (Wildman–Crippen MR) is 130 cm³/mol. The van der Waals surface area contributed by atoms with Gasteiger partial charge in [-0.05, 0) is 43.7 Å². The summed E-state index contributed by atoms with van der Waals surface area (Å²) in [5.41, 5.74) is 2.52. The number of pyridine rings is 1. The van der Waals surface area contributed by atoms with Gasteiger partial charge in [-0.3, -0.25) is 4.79 Å². The number of nitrogens with zero attached hydrogens (tertiary/aromatic N) is 5. The molecule has 1 aliphatic carbocycles. The number of H-pyrrole nitrogens is 1. The lowest BCUT2D eigenvalue weighted by molar-refractivity contribution is 0.0420. The second-order valence-corrected chi connectivity index (χ2v) is 9.32. The molecule has 1 saturated heterocycles. The van der Waals surface area contributed by atoms with Crippen LogP contribution >= 0.6 is 0 Å². The second-order valence-electron chi connectivity index (χ2n) is 9.32. The number of fused-ring (bicyclic) bond motifs is 2. The number of aromatic nitrogens is 5. The first kappa shape index (κ1) is 21.7. The molecular formula is C25H27N7O3. The number of hydrogen-bond acceptors (Lipinski definition) is 8. The highest BCUT2D eigenvalue weighted by Gasteiger charge is 2.29. The van der Waals surface area contributed by atoms with Crippen molar-refractivity contribution < 1.29 is 14.6 Å². The average molecular weight is 474 g/mol. The molecule has 180 valence electrons. The average Bonchev–Trinajstić information content (AvgIpc) is 3.53. The van der Waals surface area contributed by atoms with Crippen molar-refractivity contribution in [2.45, 2.75) is 37.8 Å². The Morgan fingerprint density at radius 1 is 1.23 bits per heavy atom. The maximum atomic E-state index is 12.8. The molecule has 10 heteroatoms. The van der Waals surface area contributed by atoms with Crippen LogP contribution in [-0.2, 0) is 0 Å². The van der Waals surface area contributed by atoms with Crippen LogP contribution in [0.5, 0.6) is 5.75 Å². The molecule has 35 heavy (non-hydrogen) atoms. The quantitative estimate of drug-likeness (QED) is 0.373. The van der Waals surface area contributed by atoms with Crippen LogP contribution < -0.4 is 15.0 Å². The number of rotatable bonds is 7. The van der Waals surface area contributed by atoms with Crippen molar-refractivity contribution in [3.05, 3.63) is 48.7 Å². The number of carbonyl (C=O) groups is 1. The number of anilines is 1. The molecule has 0 spiro atoms. The maximum absolute atomic E-state index is 12.8. The Labute approximate surface area is 201 Å². The Kier molecular flexibility index (Phi) is 5.65. The molecule has 0 bridgehead atoms. The van der Waals surface area contributed by atoms with E-state index in [4.69, 9.17) is 4.74 Å². The van der Waals surface area contributed by atoms with Gasteiger partial charge in [-0.25, -0.2) is 19.9 Å². The zero-order valence-electron chi connectivity index (χ0n) is 19.2. The van der Waals surface area contributed by atoms with Crippen molar-refractivity contribution in [3.63, 3.8) is 0 Å². The van der Waals surface area contributed by atoms with Crippen LogP contribution in [0.15, 0.2) is 43.0 Å². The van der Waals surface area contributed by atoms with Gasteiger partial charge in [-0.15, -0.1) is 0 Å². The van der Waals surface area contributed by atoms with Crippen molar-refractivity contribution in [3.8, 4) is 5.75 Å². The van der Waals surface area contributed by atoms with E-state index in [0.717, 1.165) is 48.9 Å². The van der Waals surface area contributed by atoms with Gasteiger partial charge in [0, 0.05) is 24.5 Å². The molecule has 6 rings (SSSR count). The second kappa shape index (κ2) is 9.10. The molecular weight excluding hydrogens is 446 g/mol. The van der Waals surface area contributed by atoms with Gasteiger partial charge in [0.2, 0.25) is 0 Å². The summed E-state index contributed by atoms with van der Waals surface area (Å²) in [6.07, 6.45) is 6.41. The summed E-state index contributed by atoms with van der Waals surface area (Å²) in [6, 6.07) is 9.55. The SMILES string of the molecule is O=C(NCC1CC(O)C1)c1cc(OCC2CCCN2c2ncnc3nc[nH]c23)c2ccccc2n1. The van der Waals surface area contributed by atoms with Gasteiger partial charge in [-0.1, -0.05) is 12.1 Å². The molecule has 2 fully saturated rings. The molecule has 1 saturated carbocycles. The number of hydrogen-bond donors (Lipinski definition) is 3. The molecule has 1 unspecified atom stereocenters. The van der Waals surface area contributed by atoms with E-state index in [0.29, 0.717) is 41.7 Å². The molecule has 0 radical (unpaired) electrons. The number of aromatic amines is 1. The number of aliphatic hydroxyl groups excluding tert-OH is 1. The maximum Gasteiger partial charge on any atom is 0.270 e. The molecule has 4 aromatic rings. The van der Waals surface area contributed by atoms with Crippen molar-refractivity contribution in [1.29, 1.82) is 0 Å². The van der Waals surface area contributed by atoms with E-state index in [9.17, 15) is 9.90 Å². The fraction of sp³-hybridized carbons (Fsp3) is 0.400. The Hall–Kier alpha value is -3.79. The fourth-order valence-corrected chi connectivity index (χ4v) is 5.02. The van der Waals surface area contributed by atoms with Gasteiger partial charge in [0.1, 0.15) is 29.9 Å². The third kappa shape index (κ3) is 4.25. The van der Waals surface area contributed by atoms with Crippen LogP contribution in [0.4, 0.5) is 5.82 Å². The number of amides is 1. The normalized spacial score (nSPS) is 21.9. The summed E-state index contributed by atoms with van der Waals surface area (Å²) >= 11 is 0. The summed E-state index contributed by atoms with van der Waals surface area (Å²) in [5, 5.41) is 13.3. The van der Waals surface area contributed by atoms with Crippen molar-refractivity contribution in [2.24, 2.45) is 5.92 Å². The molecule has 1 atom stereocenters. The topological polar surface area (TPSA) is 129 Å². The number of ether oxygens (including phenoxy) is 1. The van der Waals surface area contributed by atoms with Crippen LogP contribution in [0.3, 0.4) is 0 Å². The Morgan fingerprint density at radius 3 is 3.00 bits per heavy atom. The minimum Gasteiger partial charge on any atom is -0.491 e. The minimum atomic E-state index is -0.238. The van der Waals surface area contributed by atoms with Gasteiger partial charge in [0.15, 0.2) is 11.5 Å². The largest absolute Gasteiger partial charge is 0.491 e. The molecule has 1 aromatic carbocycles. The van der Waals surface area contributed by atoms with Crippen LogP contribution in [0.25, 0.3) is 22.1 Å². The molecule has 3 aromatic heterocycles. The number of benzene rings is 1. The Balaban J connectivity index is 1.21. The molecule has 10 nitrogen and oxygen atoms in total. The van der Waals surface area contributed by atoms with E-state index in [1.54, 1.807) is 18.7 Å². The van der Waals surface area contributed by atoms with Gasteiger partial charge >= 0.3 is 0 Å². The highest BCUT2D eigenvalue weighted by Crippen LogP contribution is 2.31. The van der Waals surface area contributed by atoms with E-state index < -0.39 is 0 Å². The van der Waals surface area contributed by atoms with Crippen LogP contribution in [-0.4, -0.2) is 67.8 Å². The third-order valence-corrected chi connectivity index (χ3v) is 6.96. The summed E-state index contributed by atoms with van der Waals surface area (Å²) in [6.45, 7) is 1.87. The highest BCUT2D eigenvalue weighted by atomic mass is 16.5. The first-order chi connectivity index (χ1) is 17.2. The zero-order valence-corrected chi connectivity index (χ0v) is 19.2.